The van der Waals surface area contributed by atoms with E-state index in [-0.39, 0.29) is 47.6 Å². The number of carbonyl (C=O) groups is 2. The summed E-state index contributed by atoms with van der Waals surface area (Å²) < 4.78 is 4.94. The summed E-state index contributed by atoms with van der Waals surface area (Å²) in [6, 6.07) is -0.326. The summed E-state index contributed by atoms with van der Waals surface area (Å²) in [5.41, 5.74) is 5.31. The smallest absolute Gasteiger partial charge is 0.307 e. The van der Waals surface area contributed by atoms with Gasteiger partial charge in [0.2, 0.25) is 5.91 Å². The van der Waals surface area contributed by atoms with Gasteiger partial charge in [-0.05, 0) is 32.1 Å². The molecule has 1 amide bonds. The van der Waals surface area contributed by atoms with Gasteiger partial charge < -0.3 is 15.8 Å². The molecule has 3 atom stereocenters. The second-order valence-corrected chi connectivity index (χ2v) is 6.28. The summed E-state index contributed by atoms with van der Waals surface area (Å²) in [6.45, 7) is 1.95. The van der Waals surface area contributed by atoms with Gasteiger partial charge in [-0.15, -0.1) is 23.2 Å². The molecule has 0 saturated heterocycles. The third-order valence-corrected chi connectivity index (χ3v) is 4.13. The zero-order valence-corrected chi connectivity index (χ0v) is 13.1. The van der Waals surface area contributed by atoms with Crippen molar-refractivity contribution in [1.29, 1.82) is 0 Å². The number of rotatable bonds is 6. The lowest BCUT2D eigenvalue weighted by molar-refractivity contribution is -0.144. The fourth-order valence-electron chi connectivity index (χ4n) is 2.55. The monoisotopic (exact) mass is 324 g/mol. The van der Waals surface area contributed by atoms with E-state index >= 15 is 0 Å². The van der Waals surface area contributed by atoms with E-state index in [2.05, 4.69) is 5.32 Å². The Bertz CT molecular complexity index is 332. The Morgan fingerprint density at radius 1 is 1.30 bits per heavy atom. The SMILES string of the molecule is CCOC(=O)CC(NC(=O)CN)C1CC(Cl)CC(Cl)C1. The molecule has 0 aliphatic heterocycles. The van der Waals surface area contributed by atoms with E-state index < -0.39 is 0 Å². The molecular formula is C13H22Cl2N2O3. The van der Waals surface area contributed by atoms with Crippen LogP contribution in [0.25, 0.3) is 0 Å². The van der Waals surface area contributed by atoms with Crippen LogP contribution >= 0.6 is 23.2 Å². The van der Waals surface area contributed by atoms with Crippen molar-refractivity contribution in [3.8, 4) is 0 Å². The van der Waals surface area contributed by atoms with Crippen LogP contribution in [0, 0.1) is 5.92 Å². The van der Waals surface area contributed by atoms with Gasteiger partial charge in [0.15, 0.2) is 0 Å². The highest BCUT2D eigenvalue weighted by Crippen LogP contribution is 2.34. The molecule has 0 radical (unpaired) electrons. The molecule has 5 nitrogen and oxygen atoms in total. The molecule has 1 aliphatic rings. The highest BCUT2D eigenvalue weighted by molar-refractivity contribution is 6.23. The van der Waals surface area contributed by atoms with Crippen LogP contribution < -0.4 is 11.1 Å². The van der Waals surface area contributed by atoms with Gasteiger partial charge in [0, 0.05) is 16.8 Å². The van der Waals surface area contributed by atoms with E-state index in [1.165, 1.54) is 0 Å². The van der Waals surface area contributed by atoms with Crippen LogP contribution in [0.3, 0.4) is 0 Å². The van der Waals surface area contributed by atoms with Gasteiger partial charge in [-0.2, -0.15) is 0 Å². The minimum absolute atomic E-state index is 0.0317. The lowest BCUT2D eigenvalue weighted by Crippen LogP contribution is -2.47. The maximum Gasteiger partial charge on any atom is 0.307 e. The number of amides is 1. The number of ether oxygens (including phenoxy) is 1. The second-order valence-electron chi connectivity index (χ2n) is 5.05. The van der Waals surface area contributed by atoms with Crippen LogP contribution in [0.1, 0.15) is 32.6 Å². The predicted molar refractivity (Wildman–Crippen MR) is 78.9 cm³/mol. The molecular weight excluding hydrogens is 303 g/mol. The van der Waals surface area contributed by atoms with Crippen LogP contribution in [-0.2, 0) is 14.3 Å². The number of esters is 1. The van der Waals surface area contributed by atoms with Crippen molar-refractivity contribution in [2.24, 2.45) is 11.7 Å². The fraction of sp³-hybridized carbons (Fsp3) is 0.846. The molecule has 3 unspecified atom stereocenters. The highest BCUT2D eigenvalue weighted by Gasteiger charge is 2.34. The zero-order chi connectivity index (χ0) is 15.1. The van der Waals surface area contributed by atoms with Crippen LogP contribution in [-0.4, -0.2) is 41.8 Å². The van der Waals surface area contributed by atoms with Crippen molar-refractivity contribution in [3.63, 3.8) is 0 Å². The molecule has 0 aromatic carbocycles. The lowest BCUT2D eigenvalue weighted by Gasteiger charge is -2.34. The largest absolute Gasteiger partial charge is 0.466 e. The van der Waals surface area contributed by atoms with Gasteiger partial charge in [0.1, 0.15) is 0 Å². The maximum absolute atomic E-state index is 11.7. The molecule has 20 heavy (non-hydrogen) atoms. The molecule has 0 aromatic rings. The first-order valence-corrected chi connectivity index (χ1v) is 7.76. The van der Waals surface area contributed by atoms with Crippen LogP contribution in [0.5, 0.6) is 0 Å². The van der Waals surface area contributed by atoms with Gasteiger partial charge >= 0.3 is 5.97 Å². The van der Waals surface area contributed by atoms with Crippen molar-refractivity contribution in [2.45, 2.75) is 49.4 Å². The standard InChI is InChI=1S/C13H22Cl2N2O3/c1-2-20-13(19)6-11(17-12(18)7-16)8-3-9(14)5-10(15)4-8/h8-11H,2-7,16H2,1H3,(H,17,18). The number of carbonyl (C=O) groups excluding carboxylic acids is 2. The Labute approximate surface area is 129 Å². The number of alkyl halides is 2. The van der Waals surface area contributed by atoms with Gasteiger partial charge in [0.25, 0.3) is 0 Å². The first-order valence-electron chi connectivity index (χ1n) is 6.89. The molecule has 0 spiro atoms. The highest BCUT2D eigenvalue weighted by atomic mass is 35.5. The Morgan fingerprint density at radius 3 is 2.40 bits per heavy atom. The number of nitrogens with one attached hydrogen (secondary N) is 1. The molecule has 0 bridgehead atoms. The van der Waals surface area contributed by atoms with Crippen LogP contribution in [0.4, 0.5) is 0 Å². The van der Waals surface area contributed by atoms with E-state index in [0.717, 1.165) is 19.3 Å². The van der Waals surface area contributed by atoms with E-state index in [9.17, 15) is 9.59 Å². The molecule has 0 aromatic heterocycles. The first-order chi connectivity index (χ1) is 9.46. The third kappa shape index (κ3) is 5.85. The minimum Gasteiger partial charge on any atom is -0.466 e. The number of hydrogen-bond donors (Lipinski definition) is 2. The summed E-state index contributed by atoms with van der Waals surface area (Å²) in [5.74, 6) is -0.562. The number of nitrogens with two attached hydrogens (primary N) is 1. The fourth-order valence-corrected chi connectivity index (χ4v) is 3.53. The topological polar surface area (TPSA) is 81.4 Å². The van der Waals surface area contributed by atoms with Crippen molar-refractivity contribution in [3.05, 3.63) is 0 Å². The summed E-state index contributed by atoms with van der Waals surface area (Å²) in [7, 11) is 0. The van der Waals surface area contributed by atoms with Crippen LogP contribution in [0.2, 0.25) is 0 Å². The Balaban J connectivity index is 2.69. The summed E-state index contributed by atoms with van der Waals surface area (Å²) >= 11 is 12.4. The predicted octanol–water partition coefficient (Wildman–Crippen LogP) is 1.40. The van der Waals surface area contributed by atoms with Crippen molar-refractivity contribution >= 4 is 35.1 Å². The molecule has 1 rings (SSSR count). The second kappa shape index (κ2) is 8.70. The lowest BCUT2D eigenvalue weighted by atomic mass is 9.82. The summed E-state index contributed by atoms with van der Waals surface area (Å²) in [5, 5.41) is 2.72. The van der Waals surface area contributed by atoms with Crippen LogP contribution in [0.15, 0.2) is 0 Å². The molecule has 3 N–H and O–H groups in total. The quantitative estimate of drug-likeness (QED) is 0.571. The summed E-state index contributed by atoms with van der Waals surface area (Å²) in [4.78, 5) is 23.2. The van der Waals surface area contributed by atoms with E-state index in [1.54, 1.807) is 6.92 Å². The van der Waals surface area contributed by atoms with Gasteiger partial charge in [-0.3, -0.25) is 9.59 Å². The van der Waals surface area contributed by atoms with E-state index in [0.29, 0.717) is 6.61 Å². The third-order valence-electron chi connectivity index (χ3n) is 3.42. The van der Waals surface area contributed by atoms with Gasteiger partial charge in [-0.1, -0.05) is 0 Å². The van der Waals surface area contributed by atoms with E-state index in [1.807, 2.05) is 0 Å². The average Bonchev–Trinajstić information content (AvgIpc) is 2.36. The molecule has 7 heteroatoms. The number of hydrogen-bond acceptors (Lipinski definition) is 4. The normalized spacial score (nSPS) is 27.7. The molecule has 1 fully saturated rings. The number of halogens is 2. The van der Waals surface area contributed by atoms with Gasteiger partial charge in [0.05, 0.1) is 19.6 Å². The molecule has 116 valence electrons. The minimum atomic E-state index is -0.336. The zero-order valence-electron chi connectivity index (χ0n) is 11.6. The first kappa shape index (κ1) is 17.5. The molecule has 1 saturated carbocycles. The Hall–Kier alpha value is -0.520. The Morgan fingerprint density at radius 2 is 1.90 bits per heavy atom. The summed E-state index contributed by atoms with van der Waals surface area (Å²) in [6.07, 6.45) is 2.31. The molecule has 0 heterocycles. The maximum atomic E-state index is 11.7. The Kier molecular flexibility index (Phi) is 7.62. The van der Waals surface area contributed by atoms with Crippen molar-refractivity contribution in [1.82, 2.24) is 5.32 Å². The van der Waals surface area contributed by atoms with E-state index in [4.69, 9.17) is 33.7 Å². The average molecular weight is 325 g/mol. The van der Waals surface area contributed by atoms with Crippen molar-refractivity contribution < 1.29 is 14.3 Å². The molecule has 1 aliphatic carbocycles. The van der Waals surface area contributed by atoms with Crippen molar-refractivity contribution in [2.75, 3.05) is 13.2 Å². The van der Waals surface area contributed by atoms with Gasteiger partial charge in [-0.25, -0.2) is 0 Å².